The van der Waals surface area contributed by atoms with Gasteiger partial charge in [0.2, 0.25) is 11.7 Å². The summed E-state index contributed by atoms with van der Waals surface area (Å²) in [6.07, 6.45) is -1.23. The molecule has 5 rings (SSSR count). The zero-order valence-electron chi connectivity index (χ0n) is 18.8. The smallest absolute Gasteiger partial charge is 0.392 e. The molecule has 3 N–H and O–H groups in total. The first-order valence-electron chi connectivity index (χ1n) is 11.1. The molecule has 0 aliphatic carbocycles. The molecule has 4 aromatic rings. The van der Waals surface area contributed by atoms with Gasteiger partial charge in [-0.3, -0.25) is 9.69 Å². The Morgan fingerprint density at radius 3 is 2.81 bits per heavy atom. The van der Waals surface area contributed by atoms with Crippen LogP contribution in [0.2, 0.25) is 0 Å². The van der Waals surface area contributed by atoms with Gasteiger partial charge in [0, 0.05) is 37.2 Å². The minimum atomic E-state index is -4.60. The van der Waals surface area contributed by atoms with Gasteiger partial charge in [-0.15, -0.1) is 5.10 Å². The molecular weight excluding hydrogens is 477 g/mol. The number of nitrogens with zero attached hydrogens (tertiary/aromatic N) is 6. The molecular formula is C23H21F3N8O2. The van der Waals surface area contributed by atoms with Crippen LogP contribution in [0.15, 0.2) is 54.9 Å². The number of β-amino-alcohol motifs (C(OH)–C–C–N with tert-alkyl or cyclic N) is 1. The third-order valence-corrected chi connectivity index (χ3v) is 5.56. The summed E-state index contributed by atoms with van der Waals surface area (Å²) in [4.78, 5) is 26.5. The Balaban J connectivity index is 1.38. The Morgan fingerprint density at radius 1 is 1.17 bits per heavy atom. The molecule has 0 unspecified atom stereocenters. The number of rotatable bonds is 6. The molecule has 186 valence electrons. The summed E-state index contributed by atoms with van der Waals surface area (Å²) in [5.41, 5.74) is 0.0595. The molecule has 1 aliphatic rings. The van der Waals surface area contributed by atoms with Crippen molar-refractivity contribution in [2.45, 2.75) is 18.7 Å². The summed E-state index contributed by atoms with van der Waals surface area (Å²) in [5.74, 6) is 0.383. The molecule has 1 fully saturated rings. The molecule has 13 heteroatoms. The van der Waals surface area contributed by atoms with Crippen molar-refractivity contribution in [2.75, 3.05) is 30.3 Å². The summed E-state index contributed by atoms with van der Waals surface area (Å²) in [6.45, 7) is 1.24. The molecule has 1 aliphatic heterocycles. The number of alkyl halides is 3. The standard InChI is InChI=1S/C23H21F3N8O2/c24-23(25,26)18-5-1-3-16(29-18)21-31-22(17-4-2-9-34(17)32-21)28-14-6-8-27-19(11-14)30-20(36)13-33-10-7-15(35)12-33/h1-6,8-9,11,15,35H,7,10,12-13H2,(H2,27,28,30,31,32,36)/t15-/m1/s1. The van der Waals surface area contributed by atoms with E-state index in [4.69, 9.17) is 0 Å². The molecule has 36 heavy (non-hydrogen) atoms. The SMILES string of the molecule is O=C(CN1CC[C@@H](O)C1)Nc1cc(Nc2nc(-c3cccc(C(F)(F)F)n3)nn3cccc23)ccn1. The highest BCUT2D eigenvalue weighted by atomic mass is 19.4. The van der Waals surface area contributed by atoms with E-state index in [2.05, 4.69) is 30.7 Å². The van der Waals surface area contributed by atoms with Crippen LogP contribution in [0, 0.1) is 0 Å². The number of hydrogen-bond acceptors (Lipinski definition) is 8. The van der Waals surface area contributed by atoms with Crippen molar-refractivity contribution in [3.63, 3.8) is 0 Å². The number of aromatic nitrogens is 5. The maximum absolute atomic E-state index is 13.1. The number of carbonyl (C=O) groups is 1. The van der Waals surface area contributed by atoms with Crippen molar-refractivity contribution in [3.8, 4) is 11.5 Å². The molecule has 1 atom stereocenters. The fourth-order valence-electron chi connectivity index (χ4n) is 3.91. The van der Waals surface area contributed by atoms with Gasteiger partial charge < -0.3 is 15.7 Å². The molecule has 1 amide bonds. The number of amides is 1. The van der Waals surface area contributed by atoms with Crippen LogP contribution in [0.25, 0.3) is 17.0 Å². The van der Waals surface area contributed by atoms with Crippen LogP contribution in [0.4, 0.5) is 30.5 Å². The topological polar surface area (TPSA) is 121 Å². The van der Waals surface area contributed by atoms with E-state index in [1.807, 2.05) is 4.90 Å². The second-order valence-corrected chi connectivity index (χ2v) is 8.31. The first-order chi connectivity index (χ1) is 17.2. The lowest BCUT2D eigenvalue weighted by molar-refractivity contribution is -0.141. The van der Waals surface area contributed by atoms with Crippen LogP contribution in [0.1, 0.15) is 12.1 Å². The quantitative estimate of drug-likeness (QED) is 0.371. The van der Waals surface area contributed by atoms with Gasteiger partial charge in [-0.2, -0.15) is 13.2 Å². The molecule has 10 nitrogen and oxygen atoms in total. The van der Waals surface area contributed by atoms with Gasteiger partial charge in [-0.1, -0.05) is 6.07 Å². The van der Waals surface area contributed by atoms with E-state index in [0.29, 0.717) is 42.4 Å². The van der Waals surface area contributed by atoms with E-state index in [0.717, 1.165) is 6.07 Å². The maximum Gasteiger partial charge on any atom is 0.433 e. The van der Waals surface area contributed by atoms with Crippen LogP contribution in [0.3, 0.4) is 0 Å². The van der Waals surface area contributed by atoms with Crippen LogP contribution in [0.5, 0.6) is 0 Å². The Morgan fingerprint density at radius 2 is 2.03 bits per heavy atom. The summed E-state index contributed by atoms with van der Waals surface area (Å²) < 4.78 is 40.9. The maximum atomic E-state index is 13.1. The predicted molar refractivity (Wildman–Crippen MR) is 124 cm³/mol. The predicted octanol–water partition coefficient (Wildman–Crippen LogP) is 2.95. The third-order valence-electron chi connectivity index (χ3n) is 5.56. The van der Waals surface area contributed by atoms with Crippen molar-refractivity contribution in [1.29, 1.82) is 0 Å². The van der Waals surface area contributed by atoms with E-state index in [9.17, 15) is 23.1 Å². The van der Waals surface area contributed by atoms with E-state index >= 15 is 0 Å². The van der Waals surface area contributed by atoms with Crippen molar-refractivity contribution < 1.29 is 23.1 Å². The highest BCUT2D eigenvalue weighted by Crippen LogP contribution is 2.29. The molecule has 0 spiro atoms. The number of pyridine rings is 2. The van der Waals surface area contributed by atoms with Gasteiger partial charge in [-0.25, -0.2) is 19.5 Å². The minimum absolute atomic E-state index is 0.00248. The summed E-state index contributed by atoms with van der Waals surface area (Å²) in [5, 5.41) is 19.8. The third kappa shape index (κ3) is 5.26. The molecule has 0 aromatic carbocycles. The molecule has 5 heterocycles. The fourth-order valence-corrected chi connectivity index (χ4v) is 3.91. The number of aliphatic hydroxyl groups is 1. The molecule has 4 aromatic heterocycles. The zero-order valence-corrected chi connectivity index (χ0v) is 18.8. The molecule has 0 saturated carbocycles. The summed E-state index contributed by atoms with van der Waals surface area (Å²) in [6, 6.07) is 10.3. The van der Waals surface area contributed by atoms with Crippen LogP contribution in [-0.2, 0) is 11.0 Å². The van der Waals surface area contributed by atoms with Gasteiger partial charge in [-0.05, 0) is 36.8 Å². The van der Waals surface area contributed by atoms with E-state index in [1.165, 1.54) is 22.8 Å². The summed E-state index contributed by atoms with van der Waals surface area (Å²) >= 11 is 0. The normalized spacial score (nSPS) is 16.4. The van der Waals surface area contributed by atoms with Crippen LogP contribution >= 0.6 is 0 Å². The summed E-state index contributed by atoms with van der Waals surface area (Å²) in [7, 11) is 0. The molecule has 1 saturated heterocycles. The molecule has 0 radical (unpaired) electrons. The van der Waals surface area contributed by atoms with Gasteiger partial charge >= 0.3 is 6.18 Å². The number of aliphatic hydroxyl groups excluding tert-OH is 1. The van der Waals surface area contributed by atoms with Gasteiger partial charge in [0.05, 0.1) is 12.6 Å². The highest BCUT2D eigenvalue weighted by molar-refractivity contribution is 5.92. The van der Waals surface area contributed by atoms with Gasteiger partial charge in [0.15, 0.2) is 5.82 Å². The Labute approximate surface area is 202 Å². The Bertz CT molecular complexity index is 1410. The lowest BCUT2D eigenvalue weighted by Gasteiger charge is -2.14. The van der Waals surface area contributed by atoms with Crippen molar-refractivity contribution in [1.82, 2.24) is 29.5 Å². The number of halogens is 3. The number of fused-ring (bicyclic) bond motifs is 1. The largest absolute Gasteiger partial charge is 0.433 e. The number of nitrogens with one attached hydrogen (secondary N) is 2. The zero-order chi connectivity index (χ0) is 25.3. The lowest BCUT2D eigenvalue weighted by atomic mass is 10.3. The first kappa shape index (κ1) is 23.6. The van der Waals surface area contributed by atoms with Crippen molar-refractivity contribution in [2.24, 2.45) is 0 Å². The highest BCUT2D eigenvalue weighted by Gasteiger charge is 2.32. The monoisotopic (exact) mass is 498 g/mol. The second-order valence-electron chi connectivity index (χ2n) is 8.31. The average Bonchev–Trinajstić information content (AvgIpc) is 3.47. The fraction of sp³-hybridized carbons (Fsp3) is 0.261. The van der Waals surface area contributed by atoms with Crippen LogP contribution < -0.4 is 10.6 Å². The van der Waals surface area contributed by atoms with Crippen LogP contribution in [-0.4, -0.2) is 66.2 Å². The van der Waals surface area contributed by atoms with E-state index in [1.54, 1.807) is 30.5 Å². The minimum Gasteiger partial charge on any atom is -0.392 e. The first-order valence-corrected chi connectivity index (χ1v) is 11.1. The lowest BCUT2D eigenvalue weighted by Crippen LogP contribution is -2.32. The van der Waals surface area contributed by atoms with E-state index < -0.39 is 18.0 Å². The number of carbonyl (C=O) groups excluding carboxylic acids is 1. The Hall–Kier alpha value is -4.10. The van der Waals surface area contributed by atoms with E-state index in [-0.39, 0.29) is 24.0 Å². The van der Waals surface area contributed by atoms with Crippen molar-refractivity contribution in [3.05, 3.63) is 60.6 Å². The van der Waals surface area contributed by atoms with Crippen molar-refractivity contribution >= 4 is 28.7 Å². The number of anilines is 3. The second kappa shape index (κ2) is 9.51. The average molecular weight is 498 g/mol. The Kier molecular flexibility index (Phi) is 6.24. The number of likely N-dealkylation sites (tertiary alicyclic amines) is 1. The van der Waals surface area contributed by atoms with Gasteiger partial charge in [0.25, 0.3) is 0 Å². The molecule has 0 bridgehead atoms. The number of hydrogen-bond donors (Lipinski definition) is 3. The van der Waals surface area contributed by atoms with Gasteiger partial charge in [0.1, 0.15) is 22.7 Å².